The van der Waals surface area contributed by atoms with Crippen LogP contribution in [0, 0.1) is 16.7 Å². The minimum atomic E-state index is 0.667. The first-order valence-electron chi connectivity index (χ1n) is 8.47. The summed E-state index contributed by atoms with van der Waals surface area (Å²) in [5, 5.41) is 0. The molecule has 1 heteroatoms. The molecule has 19 heavy (non-hydrogen) atoms. The minimum absolute atomic E-state index is 0.667. The van der Waals surface area contributed by atoms with Crippen LogP contribution in [0.4, 0.5) is 0 Å². The third-order valence-corrected chi connectivity index (χ3v) is 6.21. The van der Waals surface area contributed by atoms with Gasteiger partial charge in [-0.3, -0.25) is 0 Å². The molecule has 114 valence electrons. The fourth-order valence-electron chi connectivity index (χ4n) is 4.67. The number of unbranched alkanes of at least 4 members (excludes halogenated alkanes) is 1. The van der Waals surface area contributed by atoms with E-state index in [9.17, 15) is 0 Å². The Morgan fingerprint density at radius 3 is 2.11 bits per heavy atom. The van der Waals surface area contributed by atoms with Crippen molar-refractivity contribution in [3.63, 3.8) is 0 Å². The van der Waals surface area contributed by atoms with E-state index in [1.54, 1.807) is 0 Å². The van der Waals surface area contributed by atoms with Gasteiger partial charge in [0.2, 0.25) is 0 Å². The molecule has 0 saturated heterocycles. The van der Waals surface area contributed by atoms with Gasteiger partial charge in [-0.1, -0.05) is 65.7 Å². The highest BCUT2D eigenvalue weighted by Gasteiger charge is 2.47. The molecule has 2 saturated carbocycles. The fourth-order valence-corrected chi connectivity index (χ4v) is 4.67. The van der Waals surface area contributed by atoms with Crippen LogP contribution in [-0.4, -0.2) is 6.38 Å². The molecule has 2 rings (SSSR count). The molecule has 0 spiro atoms. The molecule has 0 amide bonds. The van der Waals surface area contributed by atoms with Gasteiger partial charge in [0.15, 0.2) is 0 Å². The second-order valence-corrected chi connectivity index (χ2v) is 7.43. The van der Waals surface area contributed by atoms with Crippen molar-refractivity contribution in [1.29, 1.82) is 0 Å². The SMILES string of the molecule is CCCCC1CCCC(C)(C2(C)CCCC2)C1.CCl. The molecule has 0 aromatic carbocycles. The fraction of sp³-hybridized carbons (Fsp3) is 1.00. The molecular formula is C18H35Cl. The number of hydrogen-bond acceptors (Lipinski definition) is 0. The largest absolute Gasteiger partial charge is 0.130 e. The maximum absolute atomic E-state index is 4.64. The first-order chi connectivity index (χ1) is 9.10. The molecule has 2 aliphatic rings. The first kappa shape index (κ1) is 17.3. The van der Waals surface area contributed by atoms with Crippen LogP contribution in [0.1, 0.15) is 91.4 Å². The highest BCUT2D eigenvalue weighted by Crippen LogP contribution is 2.58. The van der Waals surface area contributed by atoms with Crippen LogP contribution in [-0.2, 0) is 0 Å². The van der Waals surface area contributed by atoms with E-state index in [1.807, 2.05) is 0 Å². The van der Waals surface area contributed by atoms with Crippen molar-refractivity contribution in [2.75, 3.05) is 6.38 Å². The predicted octanol–water partition coefficient (Wildman–Crippen LogP) is 6.81. The zero-order chi connectivity index (χ0) is 14.4. The molecule has 0 radical (unpaired) electrons. The molecule has 0 aromatic heterocycles. The summed E-state index contributed by atoms with van der Waals surface area (Å²) in [5.41, 5.74) is 1.35. The summed E-state index contributed by atoms with van der Waals surface area (Å²) in [6.07, 6.45) is 17.9. The molecule has 2 unspecified atom stereocenters. The van der Waals surface area contributed by atoms with E-state index < -0.39 is 0 Å². The molecule has 2 atom stereocenters. The molecule has 2 fully saturated rings. The van der Waals surface area contributed by atoms with Gasteiger partial charge in [-0.25, -0.2) is 0 Å². The molecule has 2 aliphatic carbocycles. The van der Waals surface area contributed by atoms with Crippen molar-refractivity contribution in [3.8, 4) is 0 Å². The third-order valence-electron chi connectivity index (χ3n) is 6.21. The lowest BCUT2D eigenvalue weighted by Crippen LogP contribution is -2.39. The van der Waals surface area contributed by atoms with Gasteiger partial charge in [-0.05, 0) is 42.4 Å². The van der Waals surface area contributed by atoms with Gasteiger partial charge >= 0.3 is 0 Å². The number of rotatable bonds is 4. The first-order valence-corrected chi connectivity index (χ1v) is 9.23. The van der Waals surface area contributed by atoms with Gasteiger partial charge in [0.1, 0.15) is 0 Å². The van der Waals surface area contributed by atoms with Gasteiger partial charge in [-0.2, -0.15) is 0 Å². The van der Waals surface area contributed by atoms with Crippen LogP contribution < -0.4 is 0 Å². The van der Waals surface area contributed by atoms with Crippen molar-refractivity contribution in [1.82, 2.24) is 0 Å². The average Bonchev–Trinajstić information content (AvgIpc) is 2.88. The Balaban J connectivity index is 0.000000861. The third kappa shape index (κ3) is 4.13. The van der Waals surface area contributed by atoms with Crippen molar-refractivity contribution in [3.05, 3.63) is 0 Å². The summed E-state index contributed by atoms with van der Waals surface area (Å²) in [6, 6.07) is 0. The Labute approximate surface area is 126 Å². The molecule has 0 aromatic rings. The maximum Gasteiger partial charge on any atom is 0.0108 e. The average molecular weight is 287 g/mol. The molecule has 0 aliphatic heterocycles. The molecular weight excluding hydrogens is 252 g/mol. The van der Waals surface area contributed by atoms with Crippen molar-refractivity contribution in [2.45, 2.75) is 91.4 Å². The monoisotopic (exact) mass is 286 g/mol. The second kappa shape index (κ2) is 7.91. The van der Waals surface area contributed by atoms with Gasteiger partial charge in [-0.15, -0.1) is 11.6 Å². The maximum atomic E-state index is 4.64. The van der Waals surface area contributed by atoms with E-state index in [4.69, 9.17) is 0 Å². The van der Waals surface area contributed by atoms with Crippen LogP contribution in [0.2, 0.25) is 0 Å². The zero-order valence-electron chi connectivity index (χ0n) is 13.7. The summed E-state index contributed by atoms with van der Waals surface area (Å²) >= 11 is 4.64. The standard InChI is InChI=1S/C17H32.CH3Cl/c1-4-5-9-15-10-8-13-17(3,14-15)16(2)11-6-7-12-16;1-2/h15H,4-14H2,1-3H3;1H3. The van der Waals surface area contributed by atoms with E-state index in [0.717, 1.165) is 5.92 Å². The summed E-state index contributed by atoms with van der Waals surface area (Å²) in [5.74, 6) is 1.05. The van der Waals surface area contributed by atoms with Crippen molar-refractivity contribution >= 4 is 11.6 Å². The van der Waals surface area contributed by atoms with E-state index in [2.05, 4.69) is 32.4 Å². The molecule has 0 heterocycles. The van der Waals surface area contributed by atoms with E-state index in [0.29, 0.717) is 10.8 Å². The summed E-state index contributed by atoms with van der Waals surface area (Å²) < 4.78 is 0. The summed E-state index contributed by atoms with van der Waals surface area (Å²) in [4.78, 5) is 0. The molecule has 0 bridgehead atoms. The van der Waals surface area contributed by atoms with Crippen molar-refractivity contribution in [2.24, 2.45) is 16.7 Å². The second-order valence-electron chi connectivity index (χ2n) is 7.43. The van der Waals surface area contributed by atoms with Crippen LogP contribution in [0.5, 0.6) is 0 Å². The lowest BCUT2D eigenvalue weighted by Gasteiger charge is -2.49. The Bertz CT molecular complexity index is 242. The van der Waals surface area contributed by atoms with E-state index in [1.165, 1.54) is 77.0 Å². The summed E-state index contributed by atoms with van der Waals surface area (Å²) in [6.45, 7) is 7.55. The van der Waals surface area contributed by atoms with Crippen LogP contribution >= 0.6 is 11.6 Å². The lowest BCUT2D eigenvalue weighted by molar-refractivity contribution is 0.00808. The topological polar surface area (TPSA) is 0 Å². The van der Waals surface area contributed by atoms with E-state index >= 15 is 0 Å². The summed E-state index contributed by atoms with van der Waals surface area (Å²) in [7, 11) is 0. The van der Waals surface area contributed by atoms with Crippen LogP contribution in [0.25, 0.3) is 0 Å². The van der Waals surface area contributed by atoms with Gasteiger partial charge < -0.3 is 0 Å². The normalized spacial score (nSPS) is 33.6. The number of alkyl halides is 1. The Morgan fingerprint density at radius 1 is 0.947 bits per heavy atom. The van der Waals surface area contributed by atoms with Gasteiger partial charge in [0.25, 0.3) is 0 Å². The molecule has 0 nitrogen and oxygen atoms in total. The van der Waals surface area contributed by atoms with Crippen LogP contribution in [0.3, 0.4) is 0 Å². The Kier molecular flexibility index (Phi) is 7.22. The Morgan fingerprint density at radius 2 is 1.53 bits per heavy atom. The number of halogens is 1. The van der Waals surface area contributed by atoms with Gasteiger partial charge in [0, 0.05) is 6.38 Å². The minimum Gasteiger partial charge on any atom is -0.130 e. The number of hydrogen-bond donors (Lipinski definition) is 0. The van der Waals surface area contributed by atoms with Gasteiger partial charge in [0.05, 0.1) is 0 Å². The Hall–Kier alpha value is 0.290. The smallest absolute Gasteiger partial charge is 0.0108 e. The lowest BCUT2D eigenvalue weighted by atomic mass is 9.55. The predicted molar refractivity (Wildman–Crippen MR) is 87.9 cm³/mol. The molecule has 0 N–H and O–H groups in total. The highest BCUT2D eigenvalue weighted by molar-refractivity contribution is 6.15. The zero-order valence-corrected chi connectivity index (χ0v) is 14.5. The van der Waals surface area contributed by atoms with E-state index in [-0.39, 0.29) is 0 Å². The highest BCUT2D eigenvalue weighted by atomic mass is 35.5. The van der Waals surface area contributed by atoms with Crippen LogP contribution in [0.15, 0.2) is 0 Å². The quantitative estimate of drug-likeness (QED) is 0.498. The van der Waals surface area contributed by atoms with Crippen molar-refractivity contribution < 1.29 is 0 Å².